The zero-order valence-electron chi connectivity index (χ0n) is 14.1. The predicted molar refractivity (Wildman–Crippen MR) is 96.7 cm³/mol. The number of methoxy groups -OCH3 is 1. The van der Waals surface area contributed by atoms with Gasteiger partial charge >= 0.3 is 5.63 Å². The number of hydrogen-bond acceptors (Lipinski definition) is 5. The lowest BCUT2D eigenvalue weighted by atomic mass is 10.1. The van der Waals surface area contributed by atoms with Gasteiger partial charge in [0, 0.05) is 37.2 Å². The Balaban J connectivity index is 1.92. The fraction of sp³-hybridized carbons (Fsp3) is 0.250. The number of rotatable bonds is 7. The molecule has 0 spiro atoms. The lowest BCUT2D eigenvalue weighted by Gasteiger charge is -2.22. The molecule has 130 valence electrons. The summed E-state index contributed by atoms with van der Waals surface area (Å²) in [7, 11) is 1.58. The van der Waals surface area contributed by atoms with Crippen molar-refractivity contribution < 1.29 is 14.3 Å². The summed E-state index contributed by atoms with van der Waals surface area (Å²) in [5.74, 6) is 0.643. The van der Waals surface area contributed by atoms with Crippen LogP contribution in [0.4, 0.5) is 0 Å². The Labute approximate surface area is 146 Å². The Bertz CT molecular complexity index is 889. The molecule has 3 rings (SSSR count). The van der Waals surface area contributed by atoms with Crippen LogP contribution in [0.3, 0.4) is 0 Å². The Hall–Kier alpha value is -2.63. The number of nitrogens with zero attached hydrogens (tertiary/aromatic N) is 1. The van der Waals surface area contributed by atoms with Gasteiger partial charge in [0.1, 0.15) is 11.3 Å². The highest BCUT2D eigenvalue weighted by Gasteiger charge is 2.12. The summed E-state index contributed by atoms with van der Waals surface area (Å²) in [6.45, 7) is 1.82. The van der Waals surface area contributed by atoms with Gasteiger partial charge in [-0.2, -0.15) is 0 Å². The molecule has 5 heteroatoms. The highest BCUT2D eigenvalue weighted by atomic mass is 16.5. The first-order chi connectivity index (χ1) is 12.2. The van der Waals surface area contributed by atoms with Gasteiger partial charge in [0.2, 0.25) is 0 Å². The molecule has 0 radical (unpaired) electrons. The smallest absolute Gasteiger partial charge is 0.336 e. The lowest BCUT2D eigenvalue weighted by molar-refractivity contribution is 0.184. The number of hydrogen-bond donors (Lipinski definition) is 1. The van der Waals surface area contributed by atoms with Gasteiger partial charge in [-0.3, -0.25) is 4.90 Å². The number of aliphatic hydroxyl groups is 1. The Morgan fingerprint density at radius 1 is 1.08 bits per heavy atom. The fourth-order valence-electron chi connectivity index (χ4n) is 2.91. The number of benzene rings is 2. The van der Waals surface area contributed by atoms with E-state index >= 15 is 0 Å². The molecular formula is C20H21NO4. The van der Waals surface area contributed by atoms with E-state index < -0.39 is 0 Å². The molecular weight excluding hydrogens is 318 g/mol. The van der Waals surface area contributed by atoms with Gasteiger partial charge in [0.05, 0.1) is 13.7 Å². The van der Waals surface area contributed by atoms with Crippen molar-refractivity contribution >= 4 is 11.0 Å². The summed E-state index contributed by atoms with van der Waals surface area (Å²) in [5, 5.41) is 10.3. The van der Waals surface area contributed by atoms with Crippen molar-refractivity contribution in [2.45, 2.75) is 13.1 Å². The Kier molecular flexibility index (Phi) is 5.48. The average molecular weight is 339 g/mol. The van der Waals surface area contributed by atoms with Crippen LogP contribution in [0.25, 0.3) is 11.0 Å². The average Bonchev–Trinajstić information content (AvgIpc) is 2.62. The Morgan fingerprint density at radius 2 is 1.88 bits per heavy atom. The van der Waals surface area contributed by atoms with Crippen LogP contribution in [0.2, 0.25) is 0 Å². The predicted octanol–water partition coefficient (Wildman–Crippen LogP) is 2.80. The fourth-order valence-corrected chi connectivity index (χ4v) is 2.91. The van der Waals surface area contributed by atoms with Crippen LogP contribution in [-0.2, 0) is 13.1 Å². The molecule has 0 amide bonds. The van der Waals surface area contributed by atoms with Crippen LogP contribution in [-0.4, -0.2) is 30.3 Å². The van der Waals surface area contributed by atoms with E-state index in [0.717, 1.165) is 16.5 Å². The molecule has 25 heavy (non-hydrogen) atoms. The normalized spacial score (nSPS) is 11.2. The number of aliphatic hydroxyl groups excluding tert-OH is 1. The molecule has 3 aromatic rings. The summed E-state index contributed by atoms with van der Waals surface area (Å²) in [6.07, 6.45) is 0. The molecule has 1 N–H and O–H groups in total. The van der Waals surface area contributed by atoms with Gasteiger partial charge < -0.3 is 14.3 Å². The van der Waals surface area contributed by atoms with Crippen LogP contribution in [0.15, 0.2) is 63.8 Å². The first-order valence-corrected chi connectivity index (χ1v) is 8.17. The van der Waals surface area contributed by atoms with Crippen molar-refractivity contribution in [3.63, 3.8) is 0 Å². The molecule has 0 aliphatic heterocycles. The van der Waals surface area contributed by atoms with Crippen LogP contribution >= 0.6 is 0 Å². The molecule has 2 aromatic carbocycles. The van der Waals surface area contributed by atoms with E-state index in [4.69, 9.17) is 9.15 Å². The third-order valence-electron chi connectivity index (χ3n) is 4.10. The maximum atomic E-state index is 11.9. The minimum absolute atomic E-state index is 0.0556. The second-order valence-corrected chi connectivity index (χ2v) is 5.87. The third-order valence-corrected chi connectivity index (χ3v) is 4.10. The third kappa shape index (κ3) is 4.26. The molecule has 1 heterocycles. The van der Waals surface area contributed by atoms with Crippen molar-refractivity contribution in [1.82, 2.24) is 4.90 Å². The van der Waals surface area contributed by atoms with Gasteiger partial charge in [-0.25, -0.2) is 4.79 Å². The van der Waals surface area contributed by atoms with E-state index in [2.05, 4.69) is 4.90 Å². The van der Waals surface area contributed by atoms with E-state index in [0.29, 0.717) is 31.0 Å². The minimum atomic E-state index is -0.389. The summed E-state index contributed by atoms with van der Waals surface area (Å²) in [5.41, 5.74) is 2.15. The van der Waals surface area contributed by atoms with E-state index in [-0.39, 0.29) is 12.2 Å². The van der Waals surface area contributed by atoms with Crippen LogP contribution in [0.1, 0.15) is 11.1 Å². The first kappa shape index (κ1) is 17.2. The molecule has 1 aromatic heterocycles. The molecule has 0 saturated heterocycles. The lowest BCUT2D eigenvalue weighted by Crippen LogP contribution is -2.26. The molecule has 0 atom stereocenters. The summed E-state index contributed by atoms with van der Waals surface area (Å²) < 4.78 is 10.5. The highest BCUT2D eigenvalue weighted by molar-refractivity contribution is 5.81. The van der Waals surface area contributed by atoms with Gasteiger partial charge in [0.25, 0.3) is 0 Å². The van der Waals surface area contributed by atoms with E-state index in [1.807, 2.05) is 42.5 Å². The monoisotopic (exact) mass is 339 g/mol. The Morgan fingerprint density at radius 3 is 2.60 bits per heavy atom. The zero-order valence-corrected chi connectivity index (χ0v) is 14.1. The van der Waals surface area contributed by atoms with Crippen molar-refractivity contribution in [2.24, 2.45) is 0 Å². The van der Waals surface area contributed by atoms with Crippen LogP contribution in [0.5, 0.6) is 5.75 Å². The van der Waals surface area contributed by atoms with Crippen LogP contribution in [0, 0.1) is 0 Å². The van der Waals surface area contributed by atoms with Crippen molar-refractivity contribution in [3.8, 4) is 5.75 Å². The van der Waals surface area contributed by atoms with Gasteiger partial charge in [0.15, 0.2) is 0 Å². The number of ether oxygens (including phenoxy) is 1. The SMILES string of the molecule is COc1ccc2c(CN(CCO)Cc3ccccc3)cc(=O)oc2c1. The zero-order chi connectivity index (χ0) is 17.6. The maximum Gasteiger partial charge on any atom is 0.336 e. The maximum absolute atomic E-state index is 11.9. The van der Waals surface area contributed by atoms with E-state index in [1.54, 1.807) is 13.2 Å². The first-order valence-electron chi connectivity index (χ1n) is 8.17. The topological polar surface area (TPSA) is 62.9 Å². The minimum Gasteiger partial charge on any atom is -0.497 e. The van der Waals surface area contributed by atoms with Gasteiger partial charge in [-0.05, 0) is 23.3 Å². The molecule has 0 aliphatic rings. The molecule has 0 unspecified atom stereocenters. The largest absolute Gasteiger partial charge is 0.497 e. The molecule has 0 saturated carbocycles. The second-order valence-electron chi connectivity index (χ2n) is 5.87. The quantitative estimate of drug-likeness (QED) is 0.671. The van der Waals surface area contributed by atoms with E-state index in [1.165, 1.54) is 6.07 Å². The molecule has 0 fully saturated rings. The van der Waals surface area contributed by atoms with Crippen molar-refractivity contribution in [2.75, 3.05) is 20.3 Å². The van der Waals surface area contributed by atoms with Crippen molar-refractivity contribution in [3.05, 3.63) is 76.1 Å². The van der Waals surface area contributed by atoms with Gasteiger partial charge in [-0.15, -0.1) is 0 Å². The van der Waals surface area contributed by atoms with Crippen molar-refractivity contribution in [1.29, 1.82) is 0 Å². The highest BCUT2D eigenvalue weighted by Crippen LogP contribution is 2.23. The standard InChI is InChI=1S/C20H21NO4/c1-24-17-7-8-18-16(11-20(23)25-19(18)12-17)14-21(9-10-22)13-15-5-3-2-4-6-15/h2-8,11-12,22H,9-10,13-14H2,1H3. The molecule has 0 bridgehead atoms. The summed E-state index contributed by atoms with van der Waals surface area (Å²) >= 11 is 0. The van der Waals surface area contributed by atoms with Crippen LogP contribution < -0.4 is 10.4 Å². The molecule has 0 aliphatic carbocycles. The van der Waals surface area contributed by atoms with Gasteiger partial charge in [-0.1, -0.05) is 30.3 Å². The number of fused-ring (bicyclic) bond motifs is 1. The molecule has 5 nitrogen and oxygen atoms in total. The summed E-state index contributed by atoms with van der Waals surface area (Å²) in [6, 6.07) is 17.0. The summed E-state index contributed by atoms with van der Waals surface area (Å²) in [4.78, 5) is 14.0. The second kappa shape index (κ2) is 7.96. The van der Waals surface area contributed by atoms with E-state index in [9.17, 15) is 9.90 Å².